The monoisotopic (exact) mass is 462 g/mol. The van der Waals surface area contributed by atoms with Gasteiger partial charge in [-0.1, -0.05) is 72.5 Å². The average Bonchev–Trinajstić information content (AvgIpc) is 3.21. The zero-order chi connectivity index (χ0) is 24.4. The number of para-hydroxylation sites is 1. The molecule has 0 fully saturated rings. The molecule has 176 valence electrons. The topological polar surface area (TPSA) is 34.5 Å². The number of nitrogens with zero attached hydrogens (tertiary/aromatic N) is 2. The second-order valence-electron chi connectivity index (χ2n) is 9.97. The third-order valence-corrected chi connectivity index (χ3v) is 6.24. The molecule has 0 N–H and O–H groups in total. The van der Waals surface area contributed by atoms with Crippen molar-refractivity contribution in [3.05, 3.63) is 107 Å². The van der Waals surface area contributed by atoms with Crippen molar-refractivity contribution >= 4 is 17.0 Å². The normalized spacial score (nSPS) is 15.8. The maximum absolute atomic E-state index is 13.3. The van der Waals surface area contributed by atoms with E-state index in [4.69, 9.17) is 4.74 Å². The summed E-state index contributed by atoms with van der Waals surface area (Å²) < 4.78 is 7.51. The van der Waals surface area contributed by atoms with Crippen LogP contribution in [0.2, 0.25) is 0 Å². The summed E-state index contributed by atoms with van der Waals surface area (Å²) in [6.45, 7) is 7.14. The van der Waals surface area contributed by atoms with Crippen molar-refractivity contribution in [3.63, 3.8) is 0 Å². The van der Waals surface area contributed by atoms with Crippen LogP contribution in [0.1, 0.15) is 49.2 Å². The number of hydrogen-bond donors (Lipinski definition) is 0. The minimum Gasteiger partial charge on any atom is -0.443 e. The molecular formula is C31H30N2O2. The molecule has 4 nitrogen and oxygen atoms in total. The number of fused-ring (bicyclic) bond motifs is 2. The van der Waals surface area contributed by atoms with E-state index in [0.29, 0.717) is 6.54 Å². The van der Waals surface area contributed by atoms with Gasteiger partial charge in [-0.25, -0.2) is 9.36 Å². The Morgan fingerprint density at radius 1 is 0.971 bits per heavy atom. The van der Waals surface area contributed by atoms with Crippen molar-refractivity contribution in [1.29, 1.82) is 0 Å². The molecule has 2 heterocycles. The second kappa shape index (κ2) is 9.44. The number of hydrogen-bond acceptors (Lipinski definition) is 3. The first kappa shape index (κ1) is 23.0. The molecule has 0 bridgehead atoms. The van der Waals surface area contributed by atoms with Gasteiger partial charge in [0, 0.05) is 29.7 Å². The molecule has 0 aliphatic carbocycles. The van der Waals surface area contributed by atoms with E-state index < -0.39 is 5.60 Å². The van der Waals surface area contributed by atoms with Crippen LogP contribution in [0, 0.1) is 11.8 Å². The van der Waals surface area contributed by atoms with Gasteiger partial charge < -0.3 is 4.74 Å². The van der Waals surface area contributed by atoms with Gasteiger partial charge in [0.05, 0.1) is 11.6 Å². The van der Waals surface area contributed by atoms with Crippen LogP contribution < -0.4 is 0 Å². The van der Waals surface area contributed by atoms with Gasteiger partial charge in [0.2, 0.25) is 0 Å². The summed E-state index contributed by atoms with van der Waals surface area (Å²) in [5.74, 6) is 6.91. The van der Waals surface area contributed by atoms with E-state index in [1.54, 1.807) is 4.57 Å². The lowest BCUT2D eigenvalue weighted by atomic mass is 9.92. The molecule has 1 aliphatic heterocycles. The van der Waals surface area contributed by atoms with Gasteiger partial charge in [-0.05, 0) is 62.6 Å². The third kappa shape index (κ3) is 5.01. The Morgan fingerprint density at radius 3 is 2.49 bits per heavy atom. The molecule has 4 heteroatoms. The van der Waals surface area contributed by atoms with E-state index in [-0.39, 0.29) is 12.1 Å². The maximum atomic E-state index is 13.3. The summed E-state index contributed by atoms with van der Waals surface area (Å²) >= 11 is 0. The van der Waals surface area contributed by atoms with Gasteiger partial charge in [0.25, 0.3) is 0 Å². The standard InChI is InChI=1S/C31H30N2O2/c1-31(2,3)35-30(34)33-26(21-25-14-8-10-16-28(25)33)22-32-20-19-24-13-7-9-15-27(24)29(32)18-17-23-11-5-4-6-12-23/h4-16,21,29H,19-20,22H2,1-3H3. The molecule has 5 rings (SSSR count). The van der Waals surface area contributed by atoms with Crippen LogP contribution in [-0.2, 0) is 17.7 Å². The number of carbonyl (C=O) groups is 1. The molecule has 0 radical (unpaired) electrons. The molecule has 1 aliphatic rings. The van der Waals surface area contributed by atoms with Crippen LogP contribution in [0.4, 0.5) is 4.79 Å². The van der Waals surface area contributed by atoms with Crippen molar-refractivity contribution in [2.75, 3.05) is 6.54 Å². The fraction of sp³-hybridized carbons (Fsp3) is 0.258. The smallest absolute Gasteiger partial charge is 0.419 e. The fourth-order valence-corrected chi connectivity index (χ4v) is 4.69. The van der Waals surface area contributed by atoms with E-state index in [0.717, 1.165) is 35.1 Å². The van der Waals surface area contributed by atoms with Crippen molar-refractivity contribution in [3.8, 4) is 11.8 Å². The molecule has 35 heavy (non-hydrogen) atoms. The van der Waals surface area contributed by atoms with Gasteiger partial charge in [0.1, 0.15) is 5.60 Å². The van der Waals surface area contributed by atoms with E-state index >= 15 is 0 Å². The Morgan fingerprint density at radius 2 is 1.69 bits per heavy atom. The number of carbonyl (C=O) groups excluding carboxylic acids is 1. The molecule has 4 aromatic rings. The minimum atomic E-state index is -0.576. The molecule has 0 spiro atoms. The van der Waals surface area contributed by atoms with E-state index in [1.165, 1.54) is 11.1 Å². The fourth-order valence-electron chi connectivity index (χ4n) is 4.69. The van der Waals surface area contributed by atoms with E-state index in [2.05, 4.69) is 47.1 Å². The highest BCUT2D eigenvalue weighted by atomic mass is 16.6. The highest BCUT2D eigenvalue weighted by Crippen LogP contribution is 2.32. The zero-order valence-electron chi connectivity index (χ0n) is 20.5. The predicted molar refractivity (Wildman–Crippen MR) is 140 cm³/mol. The lowest BCUT2D eigenvalue weighted by Crippen LogP contribution is -2.36. The molecule has 0 saturated heterocycles. The highest BCUT2D eigenvalue weighted by molar-refractivity contribution is 5.91. The SMILES string of the molecule is CC(C)(C)OC(=O)n1c(CN2CCc3ccccc3C2C#Cc2ccccc2)cc2ccccc21. The zero-order valence-corrected chi connectivity index (χ0v) is 20.5. The molecule has 1 aromatic heterocycles. The summed E-state index contributed by atoms with van der Waals surface area (Å²) in [5.41, 5.74) is 4.77. The number of aromatic nitrogens is 1. The molecule has 3 aromatic carbocycles. The first-order chi connectivity index (χ1) is 16.9. The molecule has 1 unspecified atom stereocenters. The average molecular weight is 463 g/mol. The first-order valence-corrected chi connectivity index (χ1v) is 12.1. The Kier molecular flexibility index (Phi) is 6.19. The second-order valence-corrected chi connectivity index (χ2v) is 9.97. The maximum Gasteiger partial charge on any atom is 0.419 e. The Hall–Kier alpha value is -3.81. The first-order valence-electron chi connectivity index (χ1n) is 12.1. The van der Waals surface area contributed by atoms with Gasteiger partial charge in [-0.15, -0.1) is 0 Å². The van der Waals surface area contributed by atoms with E-state index in [9.17, 15) is 4.79 Å². The van der Waals surface area contributed by atoms with Gasteiger partial charge in [0.15, 0.2) is 0 Å². The summed E-state index contributed by atoms with van der Waals surface area (Å²) in [6, 6.07) is 28.6. The van der Waals surface area contributed by atoms with Crippen molar-refractivity contribution in [2.24, 2.45) is 0 Å². The summed E-state index contributed by atoms with van der Waals surface area (Å²) in [5, 5.41) is 1.03. The van der Waals surface area contributed by atoms with E-state index in [1.807, 2.05) is 75.4 Å². The Bertz CT molecular complexity index is 1420. The highest BCUT2D eigenvalue weighted by Gasteiger charge is 2.29. The van der Waals surface area contributed by atoms with Gasteiger partial charge in [-0.3, -0.25) is 4.90 Å². The largest absolute Gasteiger partial charge is 0.443 e. The Labute approximate surface area is 207 Å². The lowest BCUT2D eigenvalue weighted by Gasteiger charge is -2.34. The summed E-state index contributed by atoms with van der Waals surface area (Å²) in [7, 11) is 0. The predicted octanol–water partition coefficient (Wildman–Crippen LogP) is 6.58. The van der Waals surface area contributed by atoms with Crippen LogP contribution in [-0.4, -0.2) is 27.7 Å². The van der Waals surface area contributed by atoms with Gasteiger partial charge >= 0.3 is 6.09 Å². The number of rotatable bonds is 2. The molecular weight excluding hydrogens is 432 g/mol. The van der Waals surface area contributed by atoms with Crippen molar-refractivity contribution in [1.82, 2.24) is 9.47 Å². The van der Waals surface area contributed by atoms with Crippen LogP contribution in [0.5, 0.6) is 0 Å². The number of ether oxygens (including phenoxy) is 1. The molecule has 0 amide bonds. The van der Waals surface area contributed by atoms with Crippen LogP contribution in [0.3, 0.4) is 0 Å². The van der Waals surface area contributed by atoms with Crippen LogP contribution in [0.15, 0.2) is 84.9 Å². The minimum absolute atomic E-state index is 0.0646. The van der Waals surface area contributed by atoms with Crippen molar-refractivity contribution < 1.29 is 9.53 Å². The number of benzene rings is 3. The van der Waals surface area contributed by atoms with Crippen LogP contribution >= 0.6 is 0 Å². The van der Waals surface area contributed by atoms with Crippen molar-refractivity contribution in [2.45, 2.75) is 45.4 Å². The van der Waals surface area contributed by atoms with Crippen LogP contribution in [0.25, 0.3) is 10.9 Å². The quantitative estimate of drug-likeness (QED) is 0.316. The van der Waals surface area contributed by atoms with Gasteiger partial charge in [-0.2, -0.15) is 0 Å². The summed E-state index contributed by atoms with van der Waals surface area (Å²) in [6.07, 6.45) is 0.602. The molecule has 1 atom stereocenters. The third-order valence-electron chi connectivity index (χ3n) is 6.24. The summed E-state index contributed by atoms with van der Waals surface area (Å²) in [4.78, 5) is 15.7. The molecule has 0 saturated carbocycles. The Balaban J connectivity index is 1.54. The lowest BCUT2D eigenvalue weighted by molar-refractivity contribution is 0.0535.